The van der Waals surface area contributed by atoms with Gasteiger partial charge in [0.25, 0.3) is 0 Å². The number of unbranched alkanes of at least 4 members (excludes halogenated alkanes) is 1. The normalized spacial score (nSPS) is 15.3. The Morgan fingerprint density at radius 2 is 1.58 bits per heavy atom. The zero-order valence-electron chi connectivity index (χ0n) is 32.3. The molecule has 52 heavy (non-hydrogen) atoms. The van der Waals surface area contributed by atoms with E-state index in [-0.39, 0.29) is 0 Å². The highest BCUT2D eigenvalue weighted by atomic mass is 16.5. The molecule has 0 bridgehead atoms. The lowest BCUT2D eigenvalue weighted by atomic mass is 9.89. The molecule has 0 N–H and O–H groups in total. The van der Waals surface area contributed by atoms with E-state index in [0.29, 0.717) is 0 Å². The van der Waals surface area contributed by atoms with Crippen LogP contribution in [0.5, 0.6) is 5.75 Å². The lowest BCUT2D eigenvalue weighted by molar-refractivity contribution is 0.437. The number of para-hydroxylation sites is 1. The third kappa shape index (κ3) is 9.91. The Labute approximate surface area is 314 Å². The van der Waals surface area contributed by atoms with Gasteiger partial charge in [-0.2, -0.15) is 0 Å². The maximum atomic E-state index is 6.47. The smallest absolute Gasteiger partial charge is 0.130 e. The van der Waals surface area contributed by atoms with Crippen LogP contribution in [-0.2, 0) is 12.8 Å². The summed E-state index contributed by atoms with van der Waals surface area (Å²) in [4.78, 5) is 0. The third-order valence-electron chi connectivity index (χ3n) is 10.00. The molecule has 0 radical (unpaired) electrons. The van der Waals surface area contributed by atoms with Crippen molar-refractivity contribution in [2.24, 2.45) is 0 Å². The first-order chi connectivity index (χ1) is 25.6. The summed E-state index contributed by atoms with van der Waals surface area (Å²) in [7, 11) is 0. The Kier molecular flexibility index (Phi) is 14.5. The highest BCUT2D eigenvalue weighted by Crippen LogP contribution is 2.45. The van der Waals surface area contributed by atoms with Crippen molar-refractivity contribution in [3.05, 3.63) is 185 Å². The maximum Gasteiger partial charge on any atom is 0.130 e. The second kappa shape index (κ2) is 19.7. The van der Waals surface area contributed by atoms with E-state index in [4.69, 9.17) is 4.74 Å². The van der Waals surface area contributed by atoms with Crippen molar-refractivity contribution in [1.82, 2.24) is 0 Å². The van der Waals surface area contributed by atoms with Gasteiger partial charge in [-0.05, 0) is 120 Å². The van der Waals surface area contributed by atoms with Crippen LogP contribution in [0, 0.1) is 6.92 Å². The van der Waals surface area contributed by atoms with Gasteiger partial charge in [-0.3, -0.25) is 0 Å². The molecule has 0 atom stereocenters. The van der Waals surface area contributed by atoms with E-state index >= 15 is 0 Å². The van der Waals surface area contributed by atoms with Crippen LogP contribution in [0.3, 0.4) is 0 Å². The van der Waals surface area contributed by atoms with Crippen molar-refractivity contribution in [3.63, 3.8) is 0 Å². The van der Waals surface area contributed by atoms with E-state index in [2.05, 4.69) is 155 Å². The first-order valence-corrected chi connectivity index (χ1v) is 19.7. The molecule has 0 unspecified atom stereocenters. The lowest BCUT2D eigenvalue weighted by Crippen LogP contribution is -2.00. The number of hydrogen-bond acceptors (Lipinski definition) is 1. The summed E-state index contributed by atoms with van der Waals surface area (Å²) >= 11 is 0. The molecule has 0 amide bonds. The van der Waals surface area contributed by atoms with Crippen LogP contribution in [0.2, 0.25) is 0 Å². The van der Waals surface area contributed by atoms with Gasteiger partial charge in [0.1, 0.15) is 11.5 Å². The van der Waals surface area contributed by atoms with Crippen LogP contribution in [0.4, 0.5) is 0 Å². The minimum absolute atomic E-state index is 0.718. The number of benzene rings is 4. The molecule has 1 heterocycles. The van der Waals surface area contributed by atoms with Crippen LogP contribution in [0.1, 0.15) is 101 Å². The lowest BCUT2D eigenvalue weighted by Gasteiger charge is -2.15. The molecule has 2 aliphatic rings. The summed E-state index contributed by atoms with van der Waals surface area (Å²) < 4.78 is 6.47. The molecule has 1 saturated carbocycles. The van der Waals surface area contributed by atoms with Gasteiger partial charge in [-0.1, -0.05) is 168 Å². The Bertz CT molecular complexity index is 1930. The molecule has 0 spiro atoms. The van der Waals surface area contributed by atoms with Gasteiger partial charge in [-0.15, -0.1) is 0 Å². The van der Waals surface area contributed by atoms with Crippen molar-refractivity contribution in [1.29, 1.82) is 0 Å². The molecule has 6 rings (SSSR count). The van der Waals surface area contributed by atoms with Gasteiger partial charge in [-0.25, -0.2) is 0 Å². The van der Waals surface area contributed by atoms with Gasteiger partial charge in [0, 0.05) is 12.0 Å². The molecule has 1 aliphatic carbocycles. The second-order valence-electron chi connectivity index (χ2n) is 13.7. The topological polar surface area (TPSA) is 9.23 Å². The largest absolute Gasteiger partial charge is 0.461 e. The first kappa shape index (κ1) is 38.4. The molecule has 1 fully saturated rings. The predicted octanol–water partition coefficient (Wildman–Crippen LogP) is 14.8. The van der Waals surface area contributed by atoms with Crippen molar-refractivity contribution in [2.75, 3.05) is 0 Å². The minimum atomic E-state index is 0.718. The van der Waals surface area contributed by atoms with E-state index in [0.717, 1.165) is 62.4 Å². The summed E-state index contributed by atoms with van der Waals surface area (Å²) in [6.07, 6.45) is 25.0. The van der Waals surface area contributed by atoms with Crippen molar-refractivity contribution in [2.45, 2.75) is 98.3 Å². The molecule has 0 aromatic heterocycles. The average Bonchev–Trinajstić information content (AvgIpc) is 3.95. The Morgan fingerprint density at radius 1 is 0.827 bits per heavy atom. The molecule has 4 aromatic rings. The fraction of sp³-hybridized carbons (Fsp3) is 0.294. The summed E-state index contributed by atoms with van der Waals surface area (Å²) in [6, 6.07) is 33.3. The predicted molar refractivity (Wildman–Crippen MR) is 226 cm³/mol. The summed E-state index contributed by atoms with van der Waals surface area (Å²) in [5.74, 6) is 2.82. The number of ether oxygens (including phenoxy) is 1. The van der Waals surface area contributed by atoms with Gasteiger partial charge in [0.05, 0.1) is 0 Å². The van der Waals surface area contributed by atoms with Crippen molar-refractivity contribution < 1.29 is 4.74 Å². The van der Waals surface area contributed by atoms with Crippen LogP contribution in [0.25, 0.3) is 22.3 Å². The van der Waals surface area contributed by atoms with Crippen molar-refractivity contribution >= 4 is 0 Å². The van der Waals surface area contributed by atoms with Crippen molar-refractivity contribution in [3.8, 4) is 28.0 Å². The Balaban J connectivity index is 0.00000257. The minimum Gasteiger partial charge on any atom is -0.461 e. The van der Waals surface area contributed by atoms with Crippen LogP contribution in [-0.4, -0.2) is 0 Å². The average molecular weight is 687 g/mol. The molecule has 1 heteroatoms. The molecule has 0 saturated heterocycles. The molecular formula is C51H58O. The Morgan fingerprint density at radius 3 is 2.35 bits per heavy atom. The van der Waals surface area contributed by atoms with Gasteiger partial charge >= 0.3 is 0 Å². The van der Waals surface area contributed by atoms with E-state index in [1.807, 2.05) is 19.9 Å². The first-order valence-electron chi connectivity index (χ1n) is 19.7. The standard InChI is InChI=1S/C49H52O.C2H6/c1-5-8-17-37(30-31-39(19-9-6-2)46(22-10-7-3)49-35-42-20-11-14-27-48(42)50-49)28-29-38-18-15-21-41(34-38)43-25-16-26-44(36(43)4)47-24-13-12-23-45(47)40-32-33-40;1-2/h5,8-9,11-21,23-28,31,34,40H,1,6-7,10,22,29-30,32-33,35H2,2-4H3;1-2H3/b17-8-,19-9-,37-28+,39-31+,49-46-;. The number of rotatable bonds is 15. The fourth-order valence-corrected chi connectivity index (χ4v) is 7.08. The molecular weight excluding hydrogens is 629 g/mol. The van der Waals surface area contributed by atoms with Crippen LogP contribution < -0.4 is 4.74 Å². The summed E-state index contributed by atoms with van der Waals surface area (Å²) in [5, 5.41) is 0. The van der Waals surface area contributed by atoms with E-state index in [1.165, 1.54) is 74.1 Å². The zero-order chi connectivity index (χ0) is 36.7. The van der Waals surface area contributed by atoms with Gasteiger partial charge < -0.3 is 4.74 Å². The van der Waals surface area contributed by atoms with Crippen LogP contribution in [0.15, 0.2) is 163 Å². The quantitative estimate of drug-likeness (QED) is 0.113. The van der Waals surface area contributed by atoms with Gasteiger partial charge in [0.2, 0.25) is 0 Å². The van der Waals surface area contributed by atoms with Crippen LogP contribution >= 0.6 is 0 Å². The second-order valence-corrected chi connectivity index (χ2v) is 13.7. The number of allylic oxidation sites excluding steroid dienone is 11. The van der Waals surface area contributed by atoms with E-state index in [9.17, 15) is 0 Å². The molecule has 4 aromatic carbocycles. The highest BCUT2D eigenvalue weighted by molar-refractivity contribution is 5.80. The molecule has 268 valence electrons. The number of fused-ring (bicyclic) bond motifs is 1. The zero-order valence-corrected chi connectivity index (χ0v) is 32.3. The van der Waals surface area contributed by atoms with Gasteiger partial charge in [0.15, 0.2) is 0 Å². The summed E-state index contributed by atoms with van der Waals surface area (Å²) in [6.45, 7) is 14.7. The SMILES string of the molecule is C=C/C=C\C(=C/Cc1cccc(-c2cccc(-c3ccccc3C3CC3)c2C)c1)C/C=C(\C=C/CC)C(/CCCC)=C1/Cc2ccccc2O1.CC. The van der Waals surface area contributed by atoms with E-state index in [1.54, 1.807) is 0 Å². The summed E-state index contributed by atoms with van der Waals surface area (Å²) in [5.41, 5.74) is 14.7. The third-order valence-corrected chi connectivity index (χ3v) is 10.00. The number of hydrogen-bond donors (Lipinski definition) is 0. The maximum absolute atomic E-state index is 6.47. The Hall–Kier alpha value is -4.88. The fourth-order valence-electron chi connectivity index (χ4n) is 7.08. The molecule has 1 aliphatic heterocycles. The highest BCUT2D eigenvalue weighted by Gasteiger charge is 2.26. The molecule has 1 nitrogen and oxygen atoms in total. The van der Waals surface area contributed by atoms with E-state index < -0.39 is 0 Å². The monoisotopic (exact) mass is 686 g/mol.